The maximum Gasteiger partial charge on any atom is -0.147 e. The van der Waals surface area contributed by atoms with Gasteiger partial charge < -0.3 is 0 Å². The summed E-state index contributed by atoms with van der Waals surface area (Å²) >= 11 is -1.99. The minimum atomic E-state index is -1.99. The average molecular weight is 595 g/mol. The van der Waals surface area contributed by atoms with E-state index in [1.54, 1.807) is 36.5 Å². The zero-order chi connectivity index (χ0) is 23.2. The summed E-state index contributed by atoms with van der Waals surface area (Å²) in [5, 5.41) is 0. The molecule has 0 saturated heterocycles. The molecule has 0 aromatic heterocycles. The van der Waals surface area contributed by atoms with Gasteiger partial charge >= 0.3 is 202 Å². The van der Waals surface area contributed by atoms with Crippen molar-refractivity contribution in [1.82, 2.24) is 0 Å². The van der Waals surface area contributed by atoms with Gasteiger partial charge in [0.05, 0.1) is 0 Å². The monoisotopic (exact) mass is 592 g/mol. The van der Waals surface area contributed by atoms with Crippen LogP contribution in [0.15, 0.2) is 68.5 Å². The van der Waals surface area contributed by atoms with Crippen molar-refractivity contribution in [3.63, 3.8) is 0 Å². The molecular formula is C28H36Cl2O2SiZr. The van der Waals surface area contributed by atoms with Crippen molar-refractivity contribution in [2.24, 2.45) is 5.92 Å². The fraction of sp³-hybridized carbons (Fsp3) is 0.357. The van der Waals surface area contributed by atoms with Crippen molar-refractivity contribution in [2.45, 2.75) is 44.4 Å². The van der Waals surface area contributed by atoms with Crippen molar-refractivity contribution in [3.05, 3.63) is 85.2 Å². The van der Waals surface area contributed by atoms with Crippen molar-refractivity contribution in [3.8, 4) is 11.5 Å². The predicted octanol–water partition coefficient (Wildman–Crippen LogP) is 8.16. The molecule has 2 aromatic carbocycles. The molecule has 0 bridgehead atoms. The van der Waals surface area contributed by atoms with Gasteiger partial charge in [-0.3, -0.25) is 0 Å². The number of halogens is 2. The Kier molecular flexibility index (Phi) is 10.1. The second-order valence-electron chi connectivity index (χ2n) is 9.23. The van der Waals surface area contributed by atoms with Gasteiger partial charge in [0.25, 0.3) is 0 Å². The molecule has 0 fully saturated rings. The third-order valence-electron chi connectivity index (χ3n) is 7.36. The van der Waals surface area contributed by atoms with Crippen LogP contribution in [0.25, 0.3) is 5.57 Å². The number of hydrogen-bond donors (Lipinski definition) is 0. The van der Waals surface area contributed by atoms with E-state index in [4.69, 9.17) is 9.47 Å². The smallest absolute Gasteiger partial charge is 0.147 e. The molecular weight excluding hydrogens is 559 g/mol. The normalized spacial score (nSPS) is 18.6. The summed E-state index contributed by atoms with van der Waals surface area (Å²) in [6.07, 6.45) is 2.61. The van der Waals surface area contributed by atoms with Crippen molar-refractivity contribution < 1.29 is 29.8 Å². The largest absolute Gasteiger partial charge is 0.147 e. The predicted molar refractivity (Wildman–Crippen MR) is 148 cm³/mol. The Labute approximate surface area is 225 Å². The minimum Gasteiger partial charge on any atom is -0.147 e. The topological polar surface area (TPSA) is 18.5 Å². The number of rotatable bonds is 5. The second-order valence-corrected chi connectivity index (χ2v) is 26.7. The molecule has 6 heteroatoms. The molecule has 2 unspecified atom stereocenters. The molecule has 2 aliphatic carbocycles. The molecule has 0 amide bonds. The maximum absolute atomic E-state index is 5.59. The van der Waals surface area contributed by atoms with E-state index in [2.05, 4.69) is 83.3 Å². The number of benzene rings is 2. The van der Waals surface area contributed by atoms with E-state index in [1.165, 1.54) is 16.7 Å². The van der Waals surface area contributed by atoms with E-state index in [0.29, 0.717) is 9.54 Å². The van der Waals surface area contributed by atoms with Crippen molar-refractivity contribution >= 4 is 35.8 Å². The van der Waals surface area contributed by atoms with E-state index in [9.17, 15) is 0 Å². The Morgan fingerprint density at radius 2 is 1.44 bits per heavy atom. The van der Waals surface area contributed by atoms with Crippen LogP contribution in [0.1, 0.15) is 48.0 Å². The van der Waals surface area contributed by atoms with Gasteiger partial charge in [0.15, 0.2) is 0 Å². The third kappa shape index (κ3) is 5.07. The fourth-order valence-electron chi connectivity index (χ4n) is 5.36. The summed E-state index contributed by atoms with van der Waals surface area (Å²) in [4.78, 5) is 0. The van der Waals surface area contributed by atoms with Gasteiger partial charge in [0.2, 0.25) is 0 Å². The number of allylic oxidation sites excluding steroid dienone is 5. The summed E-state index contributed by atoms with van der Waals surface area (Å²) < 4.78 is 13.6. The van der Waals surface area contributed by atoms with Crippen LogP contribution < -0.4 is 9.47 Å². The van der Waals surface area contributed by atoms with E-state index in [0.717, 1.165) is 11.5 Å². The maximum atomic E-state index is 5.59. The average Bonchev–Trinajstić information content (AvgIpc) is 3.26. The first kappa shape index (κ1) is 29.2. The molecule has 0 saturated carbocycles. The molecule has 2 aromatic rings. The van der Waals surface area contributed by atoms with Crippen LogP contribution in [-0.4, -0.2) is 19.7 Å². The molecule has 4 rings (SSSR count). The van der Waals surface area contributed by atoms with Crippen molar-refractivity contribution in [2.75, 3.05) is 14.2 Å². The molecule has 2 atom stereocenters. The molecule has 2 aliphatic rings. The Balaban J connectivity index is 0.00000204. The Bertz CT molecular complexity index is 1200. The molecule has 0 spiro atoms. The van der Waals surface area contributed by atoms with Gasteiger partial charge in [0, 0.05) is 0 Å². The molecule has 2 nitrogen and oxygen atoms in total. The van der Waals surface area contributed by atoms with E-state index >= 15 is 0 Å². The SMILES string of the molecule is COc1cc(OC)cc(C2=C[CH]([Zr]([C]3=C(C)C(C)=C(C)C3C)=[Si](C)C)c3ccccc32)c1.Cl.Cl. The first-order valence-electron chi connectivity index (χ1n) is 11.4. The molecule has 0 heterocycles. The van der Waals surface area contributed by atoms with Gasteiger partial charge in [-0.25, -0.2) is 0 Å². The van der Waals surface area contributed by atoms with Gasteiger partial charge in [-0.1, -0.05) is 0 Å². The zero-order valence-corrected chi connectivity index (χ0v) is 26.5. The van der Waals surface area contributed by atoms with Gasteiger partial charge in [-0.15, -0.1) is 24.8 Å². The van der Waals surface area contributed by atoms with Crippen LogP contribution >= 0.6 is 24.8 Å². The standard InChI is InChI=1S/C17H15O2.C9H13.C2H6Si.2ClH.Zr/c1-18-14-9-13(10-15(11-14)19-2)17-8-7-12-5-3-4-6-16(12)17;1-6-5-7(2)9(4)8(6)3;1-3-2;;;/h3-11H,1-2H3;6H,1-4H3;1-2H3;2*1H;. The van der Waals surface area contributed by atoms with Gasteiger partial charge in [-0.05, 0) is 0 Å². The summed E-state index contributed by atoms with van der Waals surface area (Å²) in [6.45, 7) is 14.7. The summed E-state index contributed by atoms with van der Waals surface area (Å²) in [5.41, 5.74) is 9.80. The van der Waals surface area contributed by atoms with E-state index in [-0.39, 0.29) is 24.8 Å². The van der Waals surface area contributed by atoms with Crippen LogP contribution in [-0.2, 0) is 20.4 Å². The molecule has 0 radical (unpaired) electrons. The Morgan fingerprint density at radius 3 is 1.94 bits per heavy atom. The van der Waals surface area contributed by atoms with Crippen LogP contribution in [0.4, 0.5) is 0 Å². The van der Waals surface area contributed by atoms with Crippen LogP contribution in [0.5, 0.6) is 11.5 Å². The zero-order valence-electron chi connectivity index (χ0n) is 21.4. The first-order valence-corrected chi connectivity index (χ1v) is 20.2. The Morgan fingerprint density at radius 1 is 0.853 bits per heavy atom. The number of fused-ring (bicyclic) bond motifs is 1. The molecule has 34 heavy (non-hydrogen) atoms. The molecule has 182 valence electrons. The van der Waals surface area contributed by atoms with E-state index < -0.39 is 25.8 Å². The van der Waals surface area contributed by atoms with Crippen molar-refractivity contribution in [1.29, 1.82) is 0 Å². The number of hydrogen-bond acceptors (Lipinski definition) is 2. The van der Waals surface area contributed by atoms with Crippen LogP contribution in [0.2, 0.25) is 13.1 Å². The third-order valence-corrected chi connectivity index (χ3v) is 25.9. The minimum absolute atomic E-state index is 0. The number of methoxy groups -OCH3 is 2. The van der Waals surface area contributed by atoms with Crippen LogP contribution in [0, 0.1) is 5.92 Å². The number of ether oxygens (including phenoxy) is 2. The van der Waals surface area contributed by atoms with Gasteiger partial charge in [-0.2, -0.15) is 0 Å². The Hall–Kier alpha value is -1.06. The van der Waals surface area contributed by atoms with E-state index in [1.807, 2.05) is 9.35 Å². The summed E-state index contributed by atoms with van der Waals surface area (Å²) in [7, 11) is 3.45. The fourth-order valence-corrected chi connectivity index (χ4v) is 25.0. The molecule has 0 N–H and O–H groups in total. The summed E-state index contributed by atoms with van der Waals surface area (Å²) in [6, 6.07) is 15.3. The van der Waals surface area contributed by atoms with Gasteiger partial charge in [0.1, 0.15) is 0 Å². The second kappa shape index (κ2) is 11.8. The molecule has 0 aliphatic heterocycles. The first-order chi connectivity index (χ1) is 15.3. The quantitative estimate of drug-likeness (QED) is 0.325. The summed E-state index contributed by atoms with van der Waals surface area (Å²) in [5.74, 6) is 2.30. The van der Waals surface area contributed by atoms with Crippen LogP contribution in [0.3, 0.4) is 0 Å².